The molecule has 0 fully saturated rings. The molecular weight excluding hydrogens is 254 g/mol. The van der Waals surface area contributed by atoms with E-state index in [2.05, 4.69) is 27.8 Å². The first-order valence-electron chi connectivity index (χ1n) is 6.24. The lowest BCUT2D eigenvalue weighted by molar-refractivity contribution is 0.249. The zero-order chi connectivity index (χ0) is 14.5. The smallest absolute Gasteiger partial charge is 0.332 e. The van der Waals surface area contributed by atoms with Crippen molar-refractivity contribution >= 4 is 12.2 Å². The van der Waals surface area contributed by atoms with Gasteiger partial charge in [-0.2, -0.15) is 10.2 Å². The molecule has 6 heteroatoms. The lowest BCUT2D eigenvalue weighted by atomic mass is 10.2. The van der Waals surface area contributed by atoms with E-state index in [9.17, 15) is 4.79 Å². The molecule has 2 amide bonds. The molecule has 3 N–H and O–H groups in total. The molecule has 2 rings (SSSR count). The maximum atomic E-state index is 10.6. The molecule has 0 aliphatic rings. The number of primary amides is 1. The van der Waals surface area contributed by atoms with Crippen LogP contribution < -0.4 is 11.2 Å². The number of carbonyl (C=O) groups excluding carboxylic acids is 1. The Bertz CT molecular complexity index is 631. The van der Waals surface area contributed by atoms with Gasteiger partial charge in [0.15, 0.2) is 0 Å². The van der Waals surface area contributed by atoms with Gasteiger partial charge in [-0.1, -0.05) is 30.3 Å². The highest BCUT2D eigenvalue weighted by molar-refractivity contribution is 5.83. The number of aromatic nitrogens is 2. The van der Waals surface area contributed by atoms with Crippen molar-refractivity contribution in [3.8, 4) is 0 Å². The number of aryl methyl sites for hydroxylation is 1. The van der Waals surface area contributed by atoms with Gasteiger partial charge in [-0.3, -0.25) is 4.68 Å². The number of hydrogen-bond donors (Lipinski definition) is 2. The SMILES string of the molecule is Cc1nn(Cc2ccccc2)c(C)c1/C=N/NC(N)=O. The largest absolute Gasteiger partial charge is 0.350 e. The van der Waals surface area contributed by atoms with Crippen LogP contribution in [0.2, 0.25) is 0 Å². The molecule has 104 valence electrons. The fraction of sp³-hybridized carbons (Fsp3) is 0.214. The third-order valence-corrected chi connectivity index (χ3v) is 2.98. The number of amides is 2. The van der Waals surface area contributed by atoms with Gasteiger partial charge in [0, 0.05) is 11.3 Å². The van der Waals surface area contributed by atoms with Gasteiger partial charge in [-0.25, -0.2) is 10.2 Å². The number of nitrogens with zero attached hydrogens (tertiary/aromatic N) is 3. The lowest BCUT2D eigenvalue weighted by Gasteiger charge is -2.04. The summed E-state index contributed by atoms with van der Waals surface area (Å²) in [6, 6.07) is 9.41. The van der Waals surface area contributed by atoms with Gasteiger partial charge in [0.1, 0.15) is 0 Å². The van der Waals surface area contributed by atoms with E-state index in [1.54, 1.807) is 6.21 Å². The Morgan fingerprint density at radius 1 is 1.40 bits per heavy atom. The molecule has 20 heavy (non-hydrogen) atoms. The minimum absolute atomic E-state index is 0.687. The number of hydrazone groups is 1. The third-order valence-electron chi connectivity index (χ3n) is 2.98. The summed E-state index contributed by atoms with van der Waals surface area (Å²) in [6.45, 7) is 4.57. The Morgan fingerprint density at radius 3 is 2.75 bits per heavy atom. The summed E-state index contributed by atoms with van der Waals surface area (Å²) in [4.78, 5) is 10.6. The molecule has 1 aromatic carbocycles. The first-order valence-corrected chi connectivity index (χ1v) is 6.24. The zero-order valence-corrected chi connectivity index (χ0v) is 11.5. The van der Waals surface area contributed by atoms with Crippen molar-refractivity contribution in [2.45, 2.75) is 20.4 Å². The quantitative estimate of drug-likeness (QED) is 0.653. The monoisotopic (exact) mass is 271 g/mol. The minimum Gasteiger partial charge on any atom is -0.350 e. The van der Waals surface area contributed by atoms with Gasteiger partial charge in [0.25, 0.3) is 0 Å². The van der Waals surface area contributed by atoms with E-state index in [4.69, 9.17) is 5.73 Å². The van der Waals surface area contributed by atoms with E-state index >= 15 is 0 Å². The van der Waals surface area contributed by atoms with Crippen LogP contribution in [0.4, 0.5) is 4.79 Å². The normalized spacial score (nSPS) is 10.9. The van der Waals surface area contributed by atoms with Crippen molar-refractivity contribution in [2.75, 3.05) is 0 Å². The number of nitrogens with two attached hydrogens (primary N) is 1. The molecule has 0 spiro atoms. The predicted molar refractivity (Wildman–Crippen MR) is 77.6 cm³/mol. The van der Waals surface area contributed by atoms with E-state index in [1.807, 2.05) is 36.7 Å². The van der Waals surface area contributed by atoms with Crippen LogP contribution in [0.15, 0.2) is 35.4 Å². The molecule has 6 nitrogen and oxygen atoms in total. The number of benzene rings is 1. The molecular formula is C14H17N5O. The van der Waals surface area contributed by atoms with Gasteiger partial charge in [0.05, 0.1) is 18.5 Å². The lowest BCUT2D eigenvalue weighted by Crippen LogP contribution is -2.24. The van der Waals surface area contributed by atoms with Crippen LogP contribution in [0.5, 0.6) is 0 Å². The van der Waals surface area contributed by atoms with E-state index in [-0.39, 0.29) is 0 Å². The fourth-order valence-corrected chi connectivity index (χ4v) is 1.97. The van der Waals surface area contributed by atoms with Crippen molar-refractivity contribution in [2.24, 2.45) is 10.8 Å². The van der Waals surface area contributed by atoms with Gasteiger partial charge < -0.3 is 5.73 Å². The molecule has 2 aromatic rings. The summed E-state index contributed by atoms with van der Waals surface area (Å²) in [7, 11) is 0. The molecule has 1 heterocycles. The van der Waals surface area contributed by atoms with Crippen LogP contribution in [-0.4, -0.2) is 22.0 Å². The van der Waals surface area contributed by atoms with Crippen LogP contribution in [-0.2, 0) is 6.54 Å². The second-order valence-corrected chi connectivity index (χ2v) is 4.46. The molecule has 0 saturated carbocycles. The molecule has 0 aliphatic carbocycles. The number of rotatable bonds is 4. The molecule has 0 bridgehead atoms. The number of urea groups is 1. The molecule has 0 radical (unpaired) electrons. The highest BCUT2D eigenvalue weighted by Crippen LogP contribution is 2.12. The maximum absolute atomic E-state index is 10.6. The standard InChI is InChI=1S/C14H17N5O/c1-10-13(8-16-17-14(15)20)11(2)19(18-10)9-12-6-4-3-5-7-12/h3-8H,9H2,1-2H3,(H3,15,17,20)/b16-8+. The van der Waals surface area contributed by atoms with Crippen molar-refractivity contribution < 1.29 is 4.79 Å². The van der Waals surface area contributed by atoms with Crippen molar-refractivity contribution in [3.05, 3.63) is 52.8 Å². The topological polar surface area (TPSA) is 85.3 Å². The van der Waals surface area contributed by atoms with Gasteiger partial charge in [-0.15, -0.1) is 0 Å². The van der Waals surface area contributed by atoms with Crippen LogP contribution in [0, 0.1) is 13.8 Å². The molecule has 0 unspecified atom stereocenters. The number of hydrogen-bond acceptors (Lipinski definition) is 3. The van der Waals surface area contributed by atoms with Gasteiger partial charge in [-0.05, 0) is 19.4 Å². The average Bonchev–Trinajstić information content (AvgIpc) is 2.67. The number of carbonyl (C=O) groups is 1. The second kappa shape index (κ2) is 6.01. The highest BCUT2D eigenvalue weighted by Gasteiger charge is 2.09. The molecule has 0 saturated heterocycles. The van der Waals surface area contributed by atoms with Gasteiger partial charge >= 0.3 is 6.03 Å². The van der Waals surface area contributed by atoms with Gasteiger partial charge in [0.2, 0.25) is 0 Å². The highest BCUT2D eigenvalue weighted by atomic mass is 16.2. The molecule has 0 aliphatic heterocycles. The fourth-order valence-electron chi connectivity index (χ4n) is 1.97. The first-order chi connectivity index (χ1) is 9.58. The average molecular weight is 271 g/mol. The minimum atomic E-state index is -0.687. The maximum Gasteiger partial charge on any atom is 0.332 e. The van der Waals surface area contributed by atoms with Crippen LogP contribution in [0.3, 0.4) is 0 Å². The van der Waals surface area contributed by atoms with Crippen molar-refractivity contribution in [1.29, 1.82) is 0 Å². The first kappa shape index (κ1) is 13.8. The van der Waals surface area contributed by atoms with E-state index in [1.165, 1.54) is 5.56 Å². The Balaban J connectivity index is 2.20. The summed E-state index contributed by atoms with van der Waals surface area (Å²) in [6.07, 6.45) is 1.56. The van der Waals surface area contributed by atoms with Crippen LogP contribution >= 0.6 is 0 Å². The Labute approximate surface area is 117 Å². The summed E-state index contributed by atoms with van der Waals surface area (Å²) in [5, 5.41) is 8.26. The Morgan fingerprint density at radius 2 is 2.10 bits per heavy atom. The second-order valence-electron chi connectivity index (χ2n) is 4.46. The summed E-state index contributed by atoms with van der Waals surface area (Å²) in [5.41, 5.74) is 11.0. The summed E-state index contributed by atoms with van der Waals surface area (Å²) in [5.74, 6) is 0. The van der Waals surface area contributed by atoms with Crippen LogP contribution in [0.25, 0.3) is 0 Å². The Hall–Kier alpha value is -2.63. The van der Waals surface area contributed by atoms with Crippen molar-refractivity contribution in [3.63, 3.8) is 0 Å². The zero-order valence-electron chi connectivity index (χ0n) is 11.5. The predicted octanol–water partition coefficient (Wildman–Crippen LogP) is 1.55. The number of nitrogens with one attached hydrogen (secondary N) is 1. The van der Waals surface area contributed by atoms with Crippen LogP contribution in [0.1, 0.15) is 22.5 Å². The van der Waals surface area contributed by atoms with E-state index < -0.39 is 6.03 Å². The third kappa shape index (κ3) is 3.23. The summed E-state index contributed by atoms with van der Waals surface area (Å²) < 4.78 is 1.91. The summed E-state index contributed by atoms with van der Waals surface area (Å²) >= 11 is 0. The molecule has 1 aromatic heterocycles. The molecule has 0 atom stereocenters. The van der Waals surface area contributed by atoms with E-state index in [0.717, 1.165) is 17.0 Å². The van der Waals surface area contributed by atoms with E-state index in [0.29, 0.717) is 6.54 Å². The van der Waals surface area contributed by atoms with Crippen molar-refractivity contribution in [1.82, 2.24) is 15.2 Å². The Kier molecular flexibility index (Phi) is 4.14.